The third-order valence-corrected chi connectivity index (χ3v) is 8.20. The predicted octanol–water partition coefficient (Wildman–Crippen LogP) is 4.02. The van der Waals surface area contributed by atoms with E-state index in [0.29, 0.717) is 5.69 Å². The van der Waals surface area contributed by atoms with Gasteiger partial charge in [0, 0.05) is 36.8 Å². The first-order chi connectivity index (χ1) is 19.3. The quantitative estimate of drug-likeness (QED) is 0.458. The van der Waals surface area contributed by atoms with Crippen LogP contribution >= 0.6 is 0 Å². The molecule has 11 nitrogen and oxygen atoms in total. The zero-order valence-corrected chi connectivity index (χ0v) is 24.5. The van der Waals surface area contributed by atoms with Crippen LogP contribution in [0.4, 0.5) is 10.7 Å². The van der Waals surface area contributed by atoms with Crippen molar-refractivity contribution in [1.29, 1.82) is 0 Å². The second kappa shape index (κ2) is 10.7. The van der Waals surface area contributed by atoms with E-state index in [4.69, 9.17) is 9.47 Å². The predicted molar refractivity (Wildman–Crippen MR) is 152 cm³/mol. The molecule has 1 N–H and O–H groups in total. The standard InChI is InChI=1S/C29H33N5O6S/c1-18-8-6-9-19(2)25(18)23-15-24-31-27(30-23)32-41(37,38)22-11-7-10-20(14-22)26(35)34-13-12-33(16-21(34)17-39-24)28(36)40-29(3,4)5/h6-11,14-15,21H,12-13,16-17H2,1-5H3,(H,30,31,32)/t21-/m1/s1. The van der Waals surface area contributed by atoms with E-state index < -0.39 is 27.8 Å². The number of rotatable bonds is 1. The van der Waals surface area contributed by atoms with Gasteiger partial charge in [-0.2, -0.15) is 4.98 Å². The van der Waals surface area contributed by atoms with Crippen molar-refractivity contribution >= 4 is 28.0 Å². The van der Waals surface area contributed by atoms with Gasteiger partial charge in [-0.3, -0.25) is 4.79 Å². The van der Waals surface area contributed by atoms with E-state index in [1.54, 1.807) is 42.7 Å². The van der Waals surface area contributed by atoms with Crippen molar-refractivity contribution in [3.63, 3.8) is 0 Å². The van der Waals surface area contributed by atoms with Gasteiger partial charge in [0.2, 0.25) is 11.8 Å². The van der Waals surface area contributed by atoms with Crippen LogP contribution in [0, 0.1) is 13.8 Å². The van der Waals surface area contributed by atoms with Crippen LogP contribution in [0.25, 0.3) is 11.3 Å². The third kappa shape index (κ3) is 6.12. The summed E-state index contributed by atoms with van der Waals surface area (Å²) in [5.41, 5.74) is 2.74. The fraction of sp³-hybridized carbons (Fsp3) is 0.379. The summed E-state index contributed by atoms with van der Waals surface area (Å²) in [6.07, 6.45) is -0.480. The molecule has 3 aromatic rings. The largest absolute Gasteiger partial charge is 0.475 e. The Morgan fingerprint density at radius 1 is 1.05 bits per heavy atom. The third-order valence-electron chi connectivity index (χ3n) is 6.88. The molecule has 0 spiro atoms. The Balaban J connectivity index is 1.58. The second-order valence-corrected chi connectivity index (χ2v) is 12.9. The average molecular weight is 580 g/mol. The van der Waals surface area contributed by atoms with Gasteiger partial charge in [0.05, 0.1) is 16.6 Å². The molecule has 0 unspecified atom stereocenters. The maximum atomic E-state index is 13.7. The maximum Gasteiger partial charge on any atom is 0.410 e. The Morgan fingerprint density at radius 2 is 1.76 bits per heavy atom. The van der Waals surface area contributed by atoms with Crippen molar-refractivity contribution in [3.8, 4) is 17.1 Å². The lowest BCUT2D eigenvalue weighted by Crippen LogP contribution is -2.59. The number of ether oxygens (including phenoxy) is 2. The molecule has 1 fully saturated rings. The van der Waals surface area contributed by atoms with E-state index in [9.17, 15) is 18.0 Å². The van der Waals surface area contributed by atoms with Gasteiger partial charge < -0.3 is 19.3 Å². The lowest BCUT2D eigenvalue weighted by atomic mass is 10.00. The molecule has 0 saturated carbocycles. The number of carbonyl (C=O) groups excluding carboxylic acids is 2. The summed E-state index contributed by atoms with van der Waals surface area (Å²) in [5.74, 6) is -0.400. The number of sulfonamides is 1. The van der Waals surface area contributed by atoms with E-state index in [-0.39, 0.29) is 54.4 Å². The molecular weight excluding hydrogens is 546 g/mol. The molecule has 41 heavy (non-hydrogen) atoms. The number of carbonyl (C=O) groups is 2. The fourth-order valence-electron chi connectivity index (χ4n) is 4.97. The highest BCUT2D eigenvalue weighted by Gasteiger charge is 2.36. The minimum Gasteiger partial charge on any atom is -0.475 e. The Kier molecular flexibility index (Phi) is 7.37. The summed E-state index contributed by atoms with van der Waals surface area (Å²) in [4.78, 5) is 38.5. The maximum absolute atomic E-state index is 13.7. The van der Waals surface area contributed by atoms with Crippen LogP contribution in [-0.4, -0.2) is 78.1 Å². The van der Waals surface area contributed by atoms with Crippen molar-refractivity contribution < 1.29 is 27.5 Å². The summed E-state index contributed by atoms with van der Waals surface area (Å²) in [6.45, 7) is 9.90. The van der Waals surface area contributed by atoms with Crippen LogP contribution in [0.15, 0.2) is 53.4 Å². The molecule has 0 aliphatic carbocycles. The van der Waals surface area contributed by atoms with Crippen molar-refractivity contribution in [2.45, 2.75) is 51.2 Å². The Bertz CT molecular complexity index is 1600. The number of aromatic nitrogens is 2. The minimum absolute atomic E-state index is 0.000125. The number of hydrogen-bond acceptors (Lipinski definition) is 8. The molecule has 2 amide bonds. The summed E-state index contributed by atoms with van der Waals surface area (Å²) in [6, 6.07) is 12.7. The number of amides is 2. The summed E-state index contributed by atoms with van der Waals surface area (Å²) >= 11 is 0. The van der Waals surface area contributed by atoms with Crippen molar-refractivity contribution in [1.82, 2.24) is 19.8 Å². The molecule has 2 aliphatic heterocycles. The molecule has 12 heteroatoms. The van der Waals surface area contributed by atoms with Crippen molar-refractivity contribution in [2.24, 2.45) is 0 Å². The normalized spacial score (nSPS) is 18.6. The van der Waals surface area contributed by atoms with Gasteiger partial charge in [0.1, 0.15) is 12.2 Å². The van der Waals surface area contributed by atoms with Crippen molar-refractivity contribution in [2.75, 3.05) is 31.0 Å². The molecule has 1 aromatic heterocycles. The van der Waals surface area contributed by atoms with Crippen LogP contribution in [0.3, 0.4) is 0 Å². The van der Waals surface area contributed by atoms with Gasteiger partial charge in [-0.25, -0.2) is 22.9 Å². The van der Waals surface area contributed by atoms with E-state index >= 15 is 0 Å². The molecule has 2 aromatic carbocycles. The molecule has 5 rings (SSSR count). The van der Waals surface area contributed by atoms with Gasteiger partial charge in [-0.15, -0.1) is 0 Å². The van der Waals surface area contributed by atoms with E-state index in [1.807, 2.05) is 32.0 Å². The second-order valence-electron chi connectivity index (χ2n) is 11.2. The number of nitrogens with one attached hydrogen (secondary N) is 1. The monoisotopic (exact) mass is 579 g/mol. The van der Waals surface area contributed by atoms with Gasteiger partial charge in [0.15, 0.2) is 0 Å². The van der Waals surface area contributed by atoms with Crippen LogP contribution in [0.2, 0.25) is 0 Å². The molecule has 1 saturated heterocycles. The number of nitrogens with zero attached hydrogens (tertiary/aromatic N) is 4. The zero-order chi connectivity index (χ0) is 29.5. The summed E-state index contributed by atoms with van der Waals surface area (Å²) in [7, 11) is -4.14. The lowest BCUT2D eigenvalue weighted by molar-refractivity contribution is -0.00114. The van der Waals surface area contributed by atoms with E-state index in [1.165, 1.54) is 18.2 Å². The van der Waals surface area contributed by atoms with Crippen molar-refractivity contribution in [3.05, 3.63) is 65.2 Å². The summed E-state index contributed by atoms with van der Waals surface area (Å²) in [5, 5.41) is 0. The molecule has 1 atom stereocenters. The average Bonchev–Trinajstić information content (AvgIpc) is 2.90. The molecule has 2 aliphatic rings. The SMILES string of the molecule is Cc1cccc(C)c1-c1cc2nc(n1)NS(=O)(=O)c1cccc(c1)C(=O)N1CCN(C(=O)OC(C)(C)C)C[C@@H]1CO2. The highest BCUT2D eigenvalue weighted by molar-refractivity contribution is 7.92. The van der Waals surface area contributed by atoms with Gasteiger partial charge in [-0.1, -0.05) is 24.3 Å². The van der Waals surface area contributed by atoms with Crippen LogP contribution in [0.5, 0.6) is 5.88 Å². The van der Waals surface area contributed by atoms with Crippen LogP contribution in [-0.2, 0) is 14.8 Å². The zero-order valence-electron chi connectivity index (χ0n) is 23.7. The summed E-state index contributed by atoms with van der Waals surface area (Å²) < 4.78 is 40.9. The number of fused-ring (bicyclic) bond motifs is 5. The first-order valence-electron chi connectivity index (χ1n) is 13.3. The van der Waals surface area contributed by atoms with Crippen LogP contribution < -0.4 is 9.46 Å². The smallest absolute Gasteiger partial charge is 0.410 e. The topological polar surface area (TPSA) is 131 Å². The molecule has 216 valence electrons. The Labute approximate surface area is 239 Å². The van der Waals surface area contributed by atoms with Gasteiger partial charge >= 0.3 is 6.09 Å². The van der Waals surface area contributed by atoms with E-state index in [2.05, 4.69) is 14.7 Å². The van der Waals surface area contributed by atoms with Crippen LogP contribution in [0.1, 0.15) is 42.3 Å². The van der Waals surface area contributed by atoms with E-state index in [0.717, 1.165) is 16.7 Å². The highest BCUT2D eigenvalue weighted by Crippen LogP contribution is 2.30. The highest BCUT2D eigenvalue weighted by atomic mass is 32.2. The van der Waals surface area contributed by atoms with Gasteiger partial charge in [-0.05, 0) is 63.9 Å². The molecule has 4 bridgehead atoms. The number of piperazine rings is 1. The first kappa shape index (κ1) is 28.3. The number of benzene rings is 2. The minimum atomic E-state index is -4.14. The molecule has 0 radical (unpaired) electrons. The molecular formula is C29H33N5O6S. The first-order valence-corrected chi connectivity index (χ1v) is 14.8. The van der Waals surface area contributed by atoms with Gasteiger partial charge in [0.25, 0.3) is 15.9 Å². The Hall–Kier alpha value is -4.19. The lowest BCUT2D eigenvalue weighted by Gasteiger charge is -2.41. The number of aryl methyl sites for hydroxylation is 2. The Morgan fingerprint density at radius 3 is 2.46 bits per heavy atom. The fourth-order valence-corrected chi connectivity index (χ4v) is 5.96. The number of hydrogen-bond donors (Lipinski definition) is 1. The molecule has 3 heterocycles. The number of anilines is 1.